The normalized spacial score (nSPS) is 33.5. The summed E-state index contributed by atoms with van der Waals surface area (Å²) in [5, 5.41) is 6.64. The highest BCUT2D eigenvalue weighted by molar-refractivity contribution is 5.90. The van der Waals surface area contributed by atoms with Crippen molar-refractivity contribution in [3.63, 3.8) is 0 Å². The van der Waals surface area contributed by atoms with Crippen LogP contribution in [0.5, 0.6) is 0 Å². The van der Waals surface area contributed by atoms with Crippen LogP contribution >= 0.6 is 0 Å². The van der Waals surface area contributed by atoms with Gasteiger partial charge in [0.2, 0.25) is 5.91 Å². The van der Waals surface area contributed by atoms with E-state index >= 15 is 0 Å². The Bertz CT molecular complexity index is 563. The highest BCUT2D eigenvalue weighted by atomic mass is 16.1. The molecule has 4 aliphatic rings. The Morgan fingerprint density at radius 2 is 1.83 bits per heavy atom. The lowest BCUT2D eigenvalue weighted by atomic mass is 9.53. The van der Waals surface area contributed by atoms with Crippen molar-refractivity contribution in [2.45, 2.75) is 56.9 Å². The van der Waals surface area contributed by atoms with Gasteiger partial charge in [0.05, 0.1) is 11.9 Å². The SMILES string of the molecule is NCCCC(=O)Nc1ccc(NC23CC4CC(CC(C4)C2)C3)nc1. The lowest BCUT2D eigenvalue weighted by molar-refractivity contribution is -0.116. The highest BCUT2D eigenvalue weighted by Crippen LogP contribution is 2.56. The van der Waals surface area contributed by atoms with Crippen molar-refractivity contribution in [3.05, 3.63) is 18.3 Å². The molecule has 4 fully saturated rings. The summed E-state index contributed by atoms with van der Waals surface area (Å²) in [6.07, 6.45) is 11.2. The average molecular weight is 328 g/mol. The Hall–Kier alpha value is -1.62. The van der Waals surface area contributed by atoms with Gasteiger partial charge in [0.1, 0.15) is 5.82 Å². The lowest BCUT2D eigenvalue weighted by Crippen LogP contribution is -2.54. The number of anilines is 2. The molecule has 4 saturated carbocycles. The van der Waals surface area contributed by atoms with E-state index in [9.17, 15) is 4.79 Å². The molecule has 0 radical (unpaired) electrons. The van der Waals surface area contributed by atoms with Gasteiger partial charge in [-0.25, -0.2) is 4.98 Å². The van der Waals surface area contributed by atoms with E-state index in [0.717, 1.165) is 29.3 Å². The van der Waals surface area contributed by atoms with Crippen molar-refractivity contribution in [1.82, 2.24) is 4.98 Å². The molecule has 130 valence electrons. The van der Waals surface area contributed by atoms with Crippen LogP contribution in [-0.4, -0.2) is 23.0 Å². The molecular weight excluding hydrogens is 300 g/mol. The van der Waals surface area contributed by atoms with Crippen molar-refractivity contribution in [3.8, 4) is 0 Å². The van der Waals surface area contributed by atoms with Gasteiger partial charge >= 0.3 is 0 Å². The summed E-state index contributed by atoms with van der Waals surface area (Å²) in [6, 6.07) is 3.94. The van der Waals surface area contributed by atoms with E-state index in [2.05, 4.69) is 15.6 Å². The molecule has 4 N–H and O–H groups in total. The fourth-order valence-corrected chi connectivity index (χ4v) is 5.56. The van der Waals surface area contributed by atoms with Crippen molar-refractivity contribution >= 4 is 17.4 Å². The Balaban J connectivity index is 1.38. The van der Waals surface area contributed by atoms with Crippen molar-refractivity contribution in [1.29, 1.82) is 0 Å². The van der Waals surface area contributed by atoms with Gasteiger partial charge in [-0.3, -0.25) is 4.79 Å². The minimum atomic E-state index is 0.00374. The van der Waals surface area contributed by atoms with E-state index in [4.69, 9.17) is 5.73 Å². The van der Waals surface area contributed by atoms with Crippen LogP contribution in [-0.2, 0) is 4.79 Å². The van der Waals surface area contributed by atoms with Crippen LogP contribution in [0.25, 0.3) is 0 Å². The zero-order valence-electron chi connectivity index (χ0n) is 14.3. The van der Waals surface area contributed by atoms with E-state index < -0.39 is 0 Å². The number of pyridine rings is 1. The maximum absolute atomic E-state index is 11.7. The van der Waals surface area contributed by atoms with Gasteiger partial charge in [-0.2, -0.15) is 0 Å². The molecule has 4 bridgehead atoms. The molecule has 0 spiro atoms. The molecule has 0 aromatic carbocycles. The van der Waals surface area contributed by atoms with Crippen LogP contribution < -0.4 is 16.4 Å². The summed E-state index contributed by atoms with van der Waals surface area (Å²) in [5.41, 5.74) is 6.46. The maximum atomic E-state index is 11.7. The van der Waals surface area contributed by atoms with Gasteiger partial charge in [-0.05, 0) is 81.4 Å². The quantitative estimate of drug-likeness (QED) is 0.749. The van der Waals surface area contributed by atoms with Crippen LogP contribution in [0.2, 0.25) is 0 Å². The van der Waals surface area contributed by atoms with Gasteiger partial charge in [0.25, 0.3) is 0 Å². The minimum absolute atomic E-state index is 0.00374. The topological polar surface area (TPSA) is 80.0 Å². The second-order valence-corrected chi connectivity index (χ2v) is 8.20. The Kier molecular flexibility index (Phi) is 4.21. The number of carbonyl (C=O) groups excluding carboxylic acids is 1. The van der Waals surface area contributed by atoms with Crippen LogP contribution in [0.4, 0.5) is 11.5 Å². The third-order valence-electron chi connectivity index (χ3n) is 6.09. The summed E-state index contributed by atoms with van der Waals surface area (Å²) >= 11 is 0. The second kappa shape index (κ2) is 6.36. The van der Waals surface area contributed by atoms with Crippen LogP contribution in [0.3, 0.4) is 0 Å². The summed E-state index contributed by atoms with van der Waals surface area (Å²) in [4.78, 5) is 16.3. The van der Waals surface area contributed by atoms with E-state index in [1.807, 2.05) is 12.1 Å². The molecule has 0 unspecified atom stereocenters. The third kappa shape index (κ3) is 3.27. The Morgan fingerprint density at radius 3 is 2.38 bits per heavy atom. The molecule has 4 aliphatic carbocycles. The van der Waals surface area contributed by atoms with E-state index in [-0.39, 0.29) is 11.4 Å². The van der Waals surface area contributed by atoms with Gasteiger partial charge in [0, 0.05) is 12.0 Å². The molecule has 1 heterocycles. The summed E-state index contributed by atoms with van der Waals surface area (Å²) in [6.45, 7) is 0.541. The number of aromatic nitrogens is 1. The molecule has 1 aromatic rings. The largest absolute Gasteiger partial charge is 0.365 e. The van der Waals surface area contributed by atoms with Crippen LogP contribution in [0.1, 0.15) is 51.4 Å². The number of hydrogen-bond donors (Lipinski definition) is 3. The molecule has 0 saturated heterocycles. The predicted molar refractivity (Wildman–Crippen MR) is 95.7 cm³/mol. The van der Waals surface area contributed by atoms with E-state index in [0.29, 0.717) is 19.4 Å². The standard InChI is InChI=1S/C19H28N4O/c20-5-1-2-18(24)22-16-3-4-17(21-12-16)23-19-9-13-6-14(10-19)8-15(7-13)11-19/h3-4,12-15H,1-2,5-11,20H2,(H,21,23)(H,22,24). The van der Waals surface area contributed by atoms with Gasteiger partial charge in [-0.1, -0.05) is 0 Å². The second-order valence-electron chi connectivity index (χ2n) is 8.20. The fourth-order valence-electron chi connectivity index (χ4n) is 5.56. The molecule has 0 atom stereocenters. The van der Waals surface area contributed by atoms with Gasteiger partial charge in [0.15, 0.2) is 0 Å². The summed E-state index contributed by atoms with van der Waals surface area (Å²) in [5.74, 6) is 3.71. The van der Waals surface area contributed by atoms with Crippen molar-refractivity contribution < 1.29 is 4.79 Å². The van der Waals surface area contributed by atoms with Crippen LogP contribution in [0.15, 0.2) is 18.3 Å². The molecule has 5 nitrogen and oxygen atoms in total. The zero-order valence-corrected chi connectivity index (χ0v) is 14.3. The number of rotatable bonds is 6. The highest BCUT2D eigenvalue weighted by Gasteiger charge is 2.50. The molecule has 5 heteroatoms. The smallest absolute Gasteiger partial charge is 0.224 e. The first-order valence-electron chi connectivity index (χ1n) is 9.38. The first-order valence-corrected chi connectivity index (χ1v) is 9.38. The van der Waals surface area contributed by atoms with Crippen molar-refractivity contribution in [2.24, 2.45) is 23.5 Å². The number of hydrogen-bond acceptors (Lipinski definition) is 4. The lowest BCUT2D eigenvalue weighted by Gasteiger charge is -2.57. The third-order valence-corrected chi connectivity index (χ3v) is 6.09. The number of nitrogens with zero attached hydrogens (tertiary/aromatic N) is 1. The maximum Gasteiger partial charge on any atom is 0.224 e. The van der Waals surface area contributed by atoms with Gasteiger partial charge < -0.3 is 16.4 Å². The zero-order chi connectivity index (χ0) is 16.6. The number of nitrogens with two attached hydrogens (primary N) is 1. The Morgan fingerprint density at radius 1 is 1.17 bits per heavy atom. The van der Waals surface area contributed by atoms with Gasteiger partial charge in [-0.15, -0.1) is 0 Å². The first-order chi connectivity index (χ1) is 11.6. The summed E-state index contributed by atoms with van der Waals surface area (Å²) < 4.78 is 0. The predicted octanol–water partition coefficient (Wildman–Crippen LogP) is 3.14. The van der Waals surface area contributed by atoms with Crippen LogP contribution in [0, 0.1) is 17.8 Å². The molecular formula is C19H28N4O. The first kappa shape index (κ1) is 15.9. The van der Waals surface area contributed by atoms with E-state index in [1.54, 1.807) is 6.20 Å². The molecule has 0 aliphatic heterocycles. The average Bonchev–Trinajstić information content (AvgIpc) is 2.53. The number of carbonyl (C=O) groups is 1. The Labute approximate surface area is 143 Å². The molecule has 5 rings (SSSR count). The summed E-state index contributed by atoms with van der Waals surface area (Å²) in [7, 11) is 0. The monoisotopic (exact) mass is 328 g/mol. The molecule has 1 aromatic heterocycles. The van der Waals surface area contributed by atoms with E-state index in [1.165, 1.54) is 38.5 Å². The van der Waals surface area contributed by atoms with Crippen molar-refractivity contribution in [2.75, 3.05) is 17.2 Å². The molecule has 24 heavy (non-hydrogen) atoms. The fraction of sp³-hybridized carbons (Fsp3) is 0.684. The molecule has 1 amide bonds. The number of amides is 1. The number of nitrogens with one attached hydrogen (secondary N) is 2. The minimum Gasteiger partial charge on any atom is -0.365 e.